The second-order valence-corrected chi connectivity index (χ2v) is 7.49. The third kappa shape index (κ3) is 21.3. The number of esters is 1. The highest BCUT2D eigenvalue weighted by atomic mass is 19.1. The van der Waals surface area contributed by atoms with Crippen molar-refractivity contribution in [3.63, 3.8) is 0 Å². The number of hydrogen-bond acceptors (Lipinski definition) is 10. The van der Waals surface area contributed by atoms with E-state index in [1.807, 2.05) is 13.8 Å². The molecule has 13 heteroatoms. The summed E-state index contributed by atoms with van der Waals surface area (Å²) in [5.41, 5.74) is 5.50. The molecule has 0 unspecified atom stereocenters. The van der Waals surface area contributed by atoms with Gasteiger partial charge in [0.05, 0.1) is 85.7 Å². The first-order chi connectivity index (χ1) is 18.9. The Bertz CT molecular complexity index is 750. The molecule has 0 atom stereocenters. The van der Waals surface area contributed by atoms with Gasteiger partial charge in [0.25, 0.3) is 0 Å². The number of nitrogens with one attached hydrogen (secondary N) is 1. The zero-order chi connectivity index (χ0) is 29.1. The van der Waals surface area contributed by atoms with Gasteiger partial charge in [0.2, 0.25) is 11.7 Å². The summed E-state index contributed by atoms with van der Waals surface area (Å²) in [5.74, 6) is -4.04. The Morgan fingerprint density at radius 1 is 0.718 bits per heavy atom. The fraction of sp³-hybridized carbons (Fsp3) is 0.692. The van der Waals surface area contributed by atoms with Gasteiger partial charge in [-0.2, -0.15) is 0 Å². The number of ether oxygens (including phenoxy) is 7. The summed E-state index contributed by atoms with van der Waals surface area (Å²) in [7, 11) is 0. The zero-order valence-electron chi connectivity index (χ0n) is 23.3. The normalized spacial score (nSPS) is 10.6. The minimum Gasteiger partial charge on any atom is -0.420 e. The van der Waals surface area contributed by atoms with Crippen LogP contribution in [0.2, 0.25) is 0 Å². The number of amides is 1. The van der Waals surface area contributed by atoms with Crippen molar-refractivity contribution >= 4 is 11.9 Å². The zero-order valence-corrected chi connectivity index (χ0v) is 23.3. The summed E-state index contributed by atoms with van der Waals surface area (Å²) in [6, 6.07) is 1.98. The standard InChI is InChI=1S/C24H38F2N2O9.C2H6/c1-19(29)28-18-20-16-21(25)24(22(26)17-20)37-23(30)2-4-31-6-8-33-10-12-35-14-15-36-13-11-34-9-7-32-5-3-27;1-2/h16-17H,2-15,18,27H2,1H3,(H,28,29);1-2H3. The minimum atomic E-state index is -1.04. The van der Waals surface area contributed by atoms with Crippen molar-refractivity contribution in [1.82, 2.24) is 5.32 Å². The molecule has 11 nitrogen and oxygen atoms in total. The monoisotopic (exact) mass is 566 g/mol. The highest BCUT2D eigenvalue weighted by molar-refractivity contribution is 5.73. The lowest BCUT2D eigenvalue weighted by atomic mass is 10.2. The smallest absolute Gasteiger partial charge is 0.313 e. The largest absolute Gasteiger partial charge is 0.420 e. The summed E-state index contributed by atoms with van der Waals surface area (Å²) < 4.78 is 64.7. The van der Waals surface area contributed by atoms with Crippen molar-refractivity contribution in [3.8, 4) is 5.75 Å². The van der Waals surface area contributed by atoms with Crippen LogP contribution in [-0.4, -0.2) is 97.7 Å². The van der Waals surface area contributed by atoms with Gasteiger partial charge in [-0.15, -0.1) is 0 Å². The Morgan fingerprint density at radius 3 is 1.49 bits per heavy atom. The van der Waals surface area contributed by atoms with Crippen LogP contribution in [0.4, 0.5) is 8.78 Å². The lowest BCUT2D eigenvalue weighted by Gasteiger charge is -2.10. The Kier molecular flexibility index (Phi) is 24.5. The molecular formula is C26H44F2N2O9. The molecule has 1 rings (SSSR count). The Hall–Kier alpha value is -2.26. The van der Waals surface area contributed by atoms with Crippen LogP contribution in [0.3, 0.4) is 0 Å². The summed E-state index contributed by atoms with van der Waals surface area (Å²) in [5, 5.41) is 2.43. The lowest BCUT2D eigenvalue weighted by molar-refractivity contribution is -0.136. The number of benzene rings is 1. The van der Waals surface area contributed by atoms with Crippen molar-refractivity contribution in [2.45, 2.75) is 33.7 Å². The van der Waals surface area contributed by atoms with Crippen molar-refractivity contribution in [2.75, 3.05) is 85.8 Å². The Morgan fingerprint density at radius 2 is 1.10 bits per heavy atom. The SMILES string of the molecule is CC.CC(=O)NCc1cc(F)c(OC(=O)CCOCCOCCOCCOCCOCCOCCN)c(F)c1. The van der Waals surface area contributed by atoms with Crippen molar-refractivity contribution in [3.05, 3.63) is 29.3 Å². The van der Waals surface area contributed by atoms with Crippen LogP contribution in [0.1, 0.15) is 32.8 Å². The maximum atomic E-state index is 14.1. The number of nitrogens with two attached hydrogens (primary N) is 1. The second-order valence-electron chi connectivity index (χ2n) is 7.49. The predicted octanol–water partition coefficient (Wildman–Crippen LogP) is 1.98. The van der Waals surface area contributed by atoms with Gasteiger partial charge in [-0.3, -0.25) is 9.59 Å². The van der Waals surface area contributed by atoms with Crippen LogP contribution in [0.5, 0.6) is 5.75 Å². The van der Waals surface area contributed by atoms with Gasteiger partial charge in [0.1, 0.15) is 0 Å². The number of rotatable bonds is 23. The molecular weight excluding hydrogens is 522 g/mol. The Labute approximate surface area is 229 Å². The fourth-order valence-corrected chi connectivity index (χ4v) is 2.64. The van der Waals surface area contributed by atoms with Crippen molar-refractivity contribution < 1.29 is 51.5 Å². The minimum absolute atomic E-state index is 0.00429. The predicted molar refractivity (Wildman–Crippen MR) is 139 cm³/mol. The second kappa shape index (κ2) is 26.0. The van der Waals surface area contributed by atoms with E-state index in [-0.39, 0.29) is 37.6 Å². The molecule has 1 amide bonds. The maximum absolute atomic E-state index is 14.1. The van der Waals surface area contributed by atoms with E-state index in [2.05, 4.69) is 5.32 Å². The third-order valence-electron chi connectivity index (χ3n) is 4.39. The number of halogens is 2. The van der Waals surface area contributed by atoms with Gasteiger partial charge in [-0.25, -0.2) is 8.78 Å². The molecule has 3 N–H and O–H groups in total. The average Bonchev–Trinajstić information content (AvgIpc) is 2.92. The highest BCUT2D eigenvalue weighted by Gasteiger charge is 2.16. The van der Waals surface area contributed by atoms with Crippen LogP contribution < -0.4 is 15.8 Å². The van der Waals surface area contributed by atoms with Gasteiger partial charge in [0.15, 0.2) is 11.6 Å². The van der Waals surface area contributed by atoms with Gasteiger partial charge < -0.3 is 44.2 Å². The first-order valence-electron chi connectivity index (χ1n) is 13.0. The number of hydrogen-bond donors (Lipinski definition) is 2. The van der Waals surface area contributed by atoms with Crippen LogP contribution in [0.15, 0.2) is 12.1 Å². The summed E-state index contributed by atoms with van der Waals surface area (Å²) >= 11 is 0. The van der Waals surface area contributed by atoms with E-state index >= 15 is 0 Å². The lowest BCUT2D eigenvalue weighted by Crippen LogP contribution is -2.19. The number of carbonyl (C=O) groups is 2. The fourth-order valence-electron chi connectivity index (χ4n) is 2.64. The van der Waals surface area contributed by atoms with E-state index in [1.54, 1.807) is 0 Å². The van der Waals surface area contributed by atoms with E-state index in [0.29, 0.717) is 72.6 Å². The first-order valence-corrected chi connectivity index (χ1v) is 13.0. The third-order valence-corrected chi connectivity index (χ3v) is 4.39. The molecule has 0 aromatic heterocycles. The van der Waals surface area contributed by atoms with Crippen LogP contribution in [-0.2, 0) is 44.6 Å². The topological polar surface area (TPSA) is 137 Å². The van der Waals surface area contributed by atoms with Gasteiger partial charge in [-0.05, 0) is 17.7 Å². The molecule has 39 heavy (non-hydrogen) atoms. The van der Waals surface area contributed by atoms with Gasteiger partial charge in [-0.1, -0.05) is 13.8 Å². The molecule has 0 aliphatic heterocycles. The molecule has 0 heterocycles. The van der Waals surface area contributed by atoms with E-state index in [1.165, 1.54) is 6.92 Å². The molecule has 0 radical (unpaired) electrons. The highest BCUT2D eigenvalue weighted by Crippen LogP contribution is 2.23. The summed E-state index contributed by atoms with van der Waals surface area (Å²) in [4.78, 5) is 22.7. The average molecular weight is 567 g/mol. The molecule has 0 bridgehead atoms. The van der Waals surface area contributed by atoms with E-state index in [4.69, 9.17) is 38.9 Å². The van der Waals surface area contributed by atoms with Gasteiger partial charge in [0, 0.05) is 20.0 Å². The van der Waals surface area contributed by atoms with Gasteiger partial charge >= 0.3 is 5.97 Å². The maximum Gasteiger partial charge on any atom is 0.313 e. The molecule has 1 aromatic rings. The van der Waals surface area contributed by atoms with E-state index in [9.17, 15) is 18.4 Å². The van der Waals surface area contributed by atoms with Crippen LogP contribution in [0.25, 0.3) is 0 Å². The molecule has 0 aliphatic rings. The summed E-state index contributed by atoms with van der Waals surface area (Å²) in [6.45, 7) is 10.4. The molecule has 1 aromatic carbocycles. The molecule has 0 fully saturated rings. The van der Waals surface area contributed by atoms with Crippen molar-refractivity contribution in [1.29, 1.82) is 0 Å². The number of carbonyl (C=O) groups excluding carboxylic acids is 2. The Balaban J connectivity index is 0.00000704. The first kappa shape index (κ1) is 36.7. The molecule has 0 saturated carbocycles. The molecule has 0 aliphatic carbocycles. The quantitative estimate of drug-likeness (QED) is 0.115. The molecule has 0 spiro atoms. The van der Waals surface area contributed by atoms with Crippen LogP contribution in [0, 0.1) is 11.6 Å². The van der Waals surface area contributed by atoms with Crippen LogP contribution >= 0.6 is 0 Å². The van der Waals surface area contributed by atoms with E-state index < -0.39 is 23.4 Å². The molecule has 226 valence electrons. The van der Waals surface area contributed by atoms with E-state index in [0.717, 1.165) is 12.1 Å². The van der Waals surface area contributed by atoms with Crippen molar-refractivity contribution in [2.24, 2.45) is 5.73 Å². The molecule has 0 saturated heterocycles. The summed E-state index contributed by atoms with van der Waals surface area (Å²) in [6.07, 6.45) is -0.192.